The van der Waals surface area contributed by atoms with Gasteiger partial charge in [0.2, 0.25) is 5.91 Å². The van der Waals surface area contributed by atoms with E-state index in [-0.39, 0.29) is 18.0 Å². The molecular formula is C13H16N2O3. The van der Waals surface area contributed by atoms with Crippen molar-refractivity contribution in [2.45, 2.75) is 25.6 Å². The van der Waals surface area contributed by atoms with Crippen LogP contribution < -0.4 is 15.4 Å². The van der Waals surface area contributed by atoms with Crippen LogP contribution in [0.5, 0.6) is 5.75 Å². The number of nitrogens with one attached hydrogen (secondary N) is 2. The topological polar surface area (TPSA) is 59.6 Å². The number of ether oxygens (including phenoxy) is 2. The molecule has 18 heavy (non-hydrogen) atoms. The summed E-state index contributed by atoms with van der Waals surface area (Å²) < 4.78 is 10.7. The molecule has 3 rings (SSSR count). The second kappa shape index (κ2) is 4.59. The molecular weight excluding hydrogens is 232 g/mol. The van der Waals surface area contributed by atoms with Gasteiger partial charge in [0.05, 0.1) is 18.7 Å². The minimum Gasteiger partial charge on any atom is -0.467 e. The lowest BCUT2D eigenvalue weighted by Gasteiger charge is -2.30. The van der Waals surface area contributed by atoms with Crippen LogP contribution in [0.15, 0.2) is 18.2 Å². The number of carbonyl (C=O) groups is 1. The van der Waals surface area contributed by atoms with E-state index in [9.17, 15) is 4.79 Å². The standard InChI is InChI=1S/C13H16N2O3/c1-8-13(16)14-5-11(15-8)9-2-3-12-10(4-9)6-17-7-18-12/h2-4,8,11,15H,5-7H2,1H3,(H,14,16)/t8-,11?/m0/s1. The van der Waals surface area contributed by atoms with Crippen LogP contribution in [0, 0.1) is 0 Å². The van der Waals surface area contributed by atoms with Crippen molar-refractivity contribution in [3.05, 3.63) is 29.3 Å². The Bertz CT molecular complexity index is 475. The van der Waals surface area contributed by atoms with E-state index < -0.39 is 0 Å². The van der Waals surface area contributed by atoms with Gasteiger partial charge in [0, 0.05) is 12.1 Å². The first kappa shape index (κ1) is 11.5. The molecule has 5 heteroatoms. The molecule has 1 aromatic rings. The van der Waals surface area contributed by atoms with Crippen molar-refractivity contribution in [1.82, 2.24) is 10.6 Å². The average Bonchev–Trinajstić information content (AvgIpc) is 2.41. The number of hydrogen-bond acceptors (Lipinski definition) is 4. The van der Waals surface area contributed by atoms with Gasteiger partial charge >= 0.3 is 0 Å². The Hall–Kier alpha value is -1.59. The second-order valence-corrected chi connectivity index (χ2v) is 4.66. The average molecular weight is 248 g/mol. The van der Waals surface area contributed by atoms with E-state index in [0.717, 1.165) is 16.9 Å². The van der Waals surface area contributed by atoms with Gasteiger partial charge in [-0.3, -0.25) is 10.1 Å². The number of benzene rings is 1. The quantitative estimate of drug-likeness (QED) is 0.768. The molecule has 1 saturated heterocycles. The second-order valence-electron chi connectivity index (χ2n) is 4.66. The zero-order valence-corrected chi connectivity index (χ0v) is 10.2. The molecule has 2 atom stereocenters. The fourth-order valence-electron chi connectivity index (χ4n) is 2.33. The summed E-state index contributed by atoms with van der Waals surface area (Å²) in [5.41, 5.74) is 2.21. The number of carbonyl (C=O) groups excluding carboxylic acids is 1. The minimum absolute atomic E-state index is 0.0517. The number of hydrogen-bond donors (Lipinski definition) is 2. The largest absolute Gasteiger partial charge is 0.467 e. The number of amides is 1. The summed E-state index contributed by atoms with van der Waals surface area (Å²) in [7, 11) is 0. The number of fused-ring (bicyclic) bond motifs is 1. The maximum atomic E-state index is 11.4. The predicted molar refractivity (Wildman–Crippen MR) is 65.1 cm³/mol. The molecule has 0 spiro atoms. The Kier molecular flexibility index (Phi) is 2.93. The molecule has 1 unspecified atom stereocenters. The lowest BCUT2D eigenvalue weighted by atomic mass is 10.0. The maximum absolute atomic E-state index is 11.4. The Balaban J connectivity index is 1.82. The minimum atomic E-state index is -0.160. The van der Waals surface area contributed by atoms with Crippen LogP contribution in [-0.4, -0.2) is 25.3 Å². The van der Waals surface area contributed by atoms with E-state index in [1.54, 1.807) is 0 Å². The zero-order valence-electron chi connectivity index (χ0n) is 10.2. The monoisotopic (exact) mass is 248 g/mol. The fourth-order valence-corrected chi connectivity index (χ4v) is 2.33. The van der Waals surface area contributed by atoms with Gasteiger partial charge in [-0.25, -0.2) is 0 Å². The summed E-state index contributed by atoms with van der Waals surface area (Å²) in [6.45, 7) is 3.38. The van der Waals surface area contributed by atoms with Crippen LogP contribution in [0.25, 0.3) is 0 Å². The zero-order chi connectivity index (χ0) is 12.5. The molecule has 0 saturated carbocycles. The van der Waals surface area contributed by atoms with E-state index in [4.69, 9.17) is 9.47 Å². The van der Waals surface area contributed by atoms with E-state index in [2.05, 4.69) is 16.7 Å². The van der Waals surface area contributed by atoms with Crippen LogP contribution >= 0.6 is 0 Å². The third-order valence-electron chi connectivity index (χ3n) is 3.37. The molecule has 2 aliphatic rings. The lowest BCUT2D eigenvalue weighted by molar-refractivity contribution is -0.124. The first-order valence-corrected chi connectivity index (χ1v) is 6.11. The highest BCUT2D eigenvalue weighted by Crippen LogP contribution is 2.27. The lowest BCUT2D eigenvalue weighted by Crippen LogP contribution is -2.52. The number of piperazine rings is 1. The molecule has 5 nitrogen and oxygen atoms in total. The molecule has 96 valence electrons. The molecule has 1 amide bonds. The van der Waals surface area contributed by atoms with E-state index in [0.29, 0.717) is 19.9 Å². The van der Waals surface area contributed by atoms with Crippen molar-refractivity contribution in [1.29, 1.82) is 0 Å². The van der Waals surface area contributed by atoms with Crippen molar-refractivity contribution in [2.75, 3.05) is 13.3 Å². The van der Waals surface area contributed by atoms with Crippen molar-refractivity contribution in [3.8, 4) is 5.75 Å². The highest BCUT2D eigenvalue weighted by atomic mass is 16.7. The van der Waals surface area contributed by atoms with Gasteiger partial charge in [-0.2, -0.15) is 0 Å². The van der Waals surface area contributed by atoms with Gasteiger partial charge in [-0.05, 0) is 24.6 Å². The van der Waals surface area contributed by atoms with Crippen LogP contribution in [0.3, 0.4) is 0 Å². The summed E-state index contributed by atoms with van der Waals surface area (Å²) in [5, 5.41) is 6.19. The Labute approximate surface area is 105 Å². The fraction of sp³-hybridized carbons (Fsp3) is 0.462. The van der Waals surface area contributed by atoms with Crippen LogP contribution in [0.4, 0.5) is 0 Å². The highest BCUT2D eigenvalue weighted by Gasteiger charge is 2.25. The van der Waals surface area contributed by atoms with Gasteiger partial charge in [0.25, 0.3) is 0 Å². The van der Waals surface area contributed by atoms with Crippen LogP contribution in [0.2, 0.25) is 0 Å². The molecule has 0 aliphatic carbocycles. The SMILES string of the molecule is C[C@@H]1NC(c2ccc3c(c2)COCO3)CNC1=O. The van der Waals surface area contributed by atoms with Gasteiger partial charge < -0.3 is 14.8 Å². The van der Waals surface area contributed by atoms with Gasteiger partial charge in [-0.1, -0.05) is 6.07 Å². The van der Waals surface area contributed by atoms with Crippen molar-refractivity contribution >= 4 is 5.91 Å². The third kappa shape index (κ3) is 2.07. The third-order valence-corrected chi connectivity index (χ3v) is 3.37. The molecule has 2 N–H and O–H groups in total. The van der Waals surface area contributed by atoms with Crippen LogP contribution in [0.1, 0.15) is 24.1 Å². The summed E-state index contributed by atoms with van der Waals surface area (Å²) in [5.74, 6) is 0.939. The van der Waals surface area contributed by atoms with E-state index in [1.807, 2.05) is 19.1 Å². The molecule has 0 bridgehead atoms. The molecule has 2 aliphatic heterocycles. The predicted octanol–water partition coefficient (Wildman–Crippen LogP) is 0.702. The van der Waals surface area contributed by atoms with Crippen molar-refractivity contribution in [3.63, 3.8) is 0 Å². The smallest absolute Gasteiger partial charge is 0.236 e. The molecule has 0 radical (unpaired) electrons. The number of rotatable bonds is 1. The summed E-state index contributed by atoms with van der Waals surface area (Å²) in [4.78, 5) is 11.4. The summed E-state index contributed by atoms with van der Waals surface area (Å²) in [6, 6.07) is 6.07. The van der Waals surface area contributed by atoms with Gasteiger partial charge in [0.1, 0.15) is 5.75 Å². The van der Waals surface area contributed by atoms with Crippen molar-refractivity contribution < 1.29 is 14.3 Å². The van der Waals surface area contributed by atoms with E-state index >= 15 is 0 Å². The molecule has 1 fully saturated rings. The van der Waals surface area contributed by atoms with Crippen LogP contribution in [-0.2, 0) is 16.1 Å². The first-order valence-electron chi connectivity index (χ1n) is 6.11. The van der Waals surface area contributed by atoms with Gasteiger partial charge in [0.15, 0.2) is 6.79 Å². The Morgan fingerprint density at radius 2 is 2.28 bits per heavy atom. The Morgan fingerprint density at radius 1 is 1.39 bits per heavy atom. The summed E-state index contributed by atoms with van der Waals surface area (Å²) in [6.07, 6.45) is 0. The van der Waals surface area contributed by atoms with Gasteiger partial charge in [-0.15, -0.1) is 0 Å². The van der Waals surface area contributed by atoms with E-state index in [1.165, 1.54) is 0 Å². The normalized spacial score (nSPS) is 27.1. The maximum Gasteiger partial charge on any atom is 0.236 e. The summed E-state index contributed by atoms with van der Waals surface area (Å²) >= 11 is 0. The highest BCUT2D eigenvalue weighted by molar-refractivity contribution is 5.82. The molecule has 0 aromatic heterocycles. The first-order chi connectivity index (χ1) is 8.74. The molecule has 2 heterocycles. The van der Waals surface area contributed by atoms with Crippen molar-refractivity contribution in [2.24, 2.45) is 0 Å². The Morgan fingerprint density at radius 3 is 3.11 bits per heavy atom. The molecule has 1 aromatic carbocycles.